The van der Waals surface area contributed by atoms with Gasteiger partial charge in [-0.1, -0.05) is 0 Å². The summed E-state index contributed by atoms with van der Waals surface area (Å²) in [6, 6.07) is 9.03. The van der Waals surface area contributed by atoms with Gasteiger partial charge in [-0.3, -0.25) is 0 Å². The minimum absolute atomic E-state index is 0.247. The number of halogens is 3. The fourth-order valence-corrected chi connectivity index (χ4v) is 2.10. The monoisotopic (exact) mass is 277 g/mol. The van der Waals surface area contributed by atoms with E-state index in [-0.39, 0.29) is 5.56 Å². The van der Waals surface area contributed by atoms with E-state index in [1.165, 1.54) is 0 Å². The van der Waals surface area contributed by atoms with Crippen molar-refractivity contribution >= 4 is 10.9 Å². The summed E-state index contributed by atoms with van der Waals surface area (Å²) < 4.78 is 44.6. The molecule has 0 saturated heterocycles. The molecule has 5 heteroatoms. The van der Waals surface area contributed by atoms with Crippen molar-refractivity contribution in [3.8, 4) is 17.0 Å². The lowest BCUT2D eigenvalue weighted by Gasteiger charge is -2.01. The molecule has 0 aliphatic heterocycles. The molecule has 0 spiro atoms. The van der Waals surface area contributed by atoms with Gasteiger partial charge in [0.2, 0.25) is 0 Å². The molecule has 3 rings (SSSR count). The molecule has 0 saturated carbocycles. The van der Waals surface area contributed by atoms with Gasteiger partial charge in [-0.2, -0.15) is 0 Å². The predicted octanol–water partition coefficient (Wildman–Crippen LogP) is 4.26. The Balaban J connectivity index is 2.14. The van der Waals surface area contributed by atoms with Gasteiger partial charge in [0.05, 0.1) is 7.11 Å². The van der Waals surface area contributed by atoms with E-state index >= 15 is 0 Å². The number of rotatable bonds is 2. The van der Waals surface area contributed by atoms with Crippen molar-refractivity contribution in [2.75, 3.05) is 7.11 Å². The zero-order valence-electron chi connectivity index (χ0n) is 10.5. The van der Waals surface area contributed by atoms with E-state index in [0.29, 0.717) is 11.4 Å². The third-order valence-electron chi connectivity index (χ3n) is 3.12. The lowest BCUT2D eigenvalue weighted by molar-refractivity contribution is 0.415. The molecule has 102 valence electrons. The highest BCUT2D eigenvalue weighted by Gasteiger charge is 2.13. The second kappa shape index (κ2) is 4.59. The Labute approximate surface area is 112 Å². The molecule has 0 radical (unpaired) electrons. The average molecular weight is 277 g/mol. The fourth-order valence-electron chi connectivity index (χ4n) is 2.10. The van der Waals surface area contributed by atoms with E-state index in [0.717, 1.165) is 23.0 Å². The van der Waals surface area contributed by atoms with Gasteiger partial charge in [-0.05, 0) is 30.3 Å². The summed E-state index contributed by atoms with van der Waals surface area (Å²) in [4.78, 5) is 3.02. The number of benzene rings is 2. The first kappa shape index (κ1) is 12.6. The van der Waals surface area contributed by atoms with Gasteiger partial charge >= 0.3 is 0 Å². The number of aromatic nitrogens is 1. The Morgan fingerprint density at radius 2 is 1.65 bits per heavy atom. The van der Waals surface area contributed by atoms with E-state index in [9.17, 15) is 13.2 Å². The SMILES string of the molecule is COc1ccc2cc(-c3cc(F)c(F)c(F)c3)[nH]c2c1. The van der Waals surface area contributed by atoms with E-state index in [4.69, 9.17) is 4.74 Å². The molecule has 20 heavy (non-hydrogen) atoms. The number of H-pyrrole nitrogens is 1. The standard InChI is InChI=1S/C15H10F3NO/c1-20-10-3-2-8-6-13(19-14(8)7-10)9-4-11(16)15(18)12(17)5-9/h2-7,19H,1H3. The first-order valence-corrected chi connectivity index (χ1v) is 5.90. The van der Waals surface area contributed by atoms with Crippen LogP contribution in [0.4, 0.5) is 13.2 Å². The number of hydrogen-bond acceptors (Lipinski definition) is 1. The van der Waals surface area contributed by atoms with Crippen molar-refractivity contribution in [3.05, 3.63) is 53.8 Å². The van der Waals surface area contributed by atoms with E-state index in [1.54, 1.807) is 25.3 Å². The van der Waals surface area contributed by atoms with Crippen molar-refractivity contribution in [1.82, 2.24) is 4.98 Å². The predicted molar refractivity (Wildman–Crippen MR) is 70.2 cm³/mol. The highest BCUT2D eigenvalue weighted by molar-refractivity contribution is 5.86. The van der Waals surface area contributed by atoms with E-state index in [2.05, 4.69) is 4.98 Å². The Hall–Kier alpha value is -2.43. The second-order valence-corrected chi connectivity index (χ2v) is 4.39. The lowest BCUT2D eigenvalue weighted by Crippen LogP contribution is -1.91. The Bertz CT molecular complexity index is 772. The summed E-state index contributed by atoms with van der Waals surface area (Å²) in [5, 5.41) is 0.867. The van der Waals surface area contributed by atoms with Gasteiger partial charge < -0.3 is 9.72 Å². The normalized spacial score (nSPS) is 11.0. The highest BCUT2D eigenvalue weighted by Crippen LogP contribution is 2.28. The highest BCUT2D eigenvalue weighted by atomic mass is 19.2. The molecule has 0 unspecified atom stereocenters. The van der Waals surface area contributed by atoms with Crippen LogP contribution < -0.4 is 4.74 Å². The summed E-state index contributed by atoms with van der Waals surface area (Å²) in [6.07, 6.45) is 0. The van der Waals surface area contributed by atoms with E-state index in [1.807, 2.05) is 6.07 Å². The van der Waals surface area contributed by atoms with Crippen LogP contribution in [0.5, 0.6) is 5.75 Å². The Morgan fingerprint density at radius 1 is 0.950 bits per heavy atom. The summed E-state index contributed by atoms with van der Waals surface area (Å²) in [7, 11) is 1.55. The average Bonchev–Trinajstić information content (AvgIpc) is 2.86. The van der Waals surface area contributed by atoms with Crippen LogP contribution in [0.2, 0.25) is 0 Å². The molecule has 1 aromatic heterocycles. The van der Waals surface area contributed by atoms with Crippen molar-refractivity contribution < 1.29 is 17.9 Å². The van der Waals surface area contributed by atoms with Crippen LogP contribution in [0.1, 0.15) is 0 Å². The molecule has 0 atom stereocenters. The molecule has 1 heterocycles. The van der Waals surface area contributed by atoms with Crippen molar-refractivity contribution in [1.29, 1.82) is 0 Å². The number of nitrogens with one attached hydrogen (secondary N) is 1. The molecular weight excluding hydrogens is 267 g/mol. The first-order valence-electron chi connectivity index (χ1n) is 5.90. The number of hydrogen-bond donors (Lipinski definition) is 1. The van der Waals surface area contributed by atoms with Gasteiger partial charge in [-0.25, -0.2) is 13.2 Å². The molecule has 1 N–H and O–H groups in total. The molecule has 0 fully saturated rings. The van der Waals surface area contributed by atoms with Crippen LogP contribution in [0.15, 0.2) is 36.4 Å². The summed E-state index contributed by atoms with van der Waals surface area (Å²) in [6.45, 7) is 0. The van der Waals surface area contributed by atoms with Crippen molar-refractivity contribution in [2.45, 2.75) is 0 Å². The quantitative estimate of drug-likeness (QED) is 0.695. The van der Waals surface area contributed by atoms with Gasteiger partial charge in [0.25, 0.3) is 0 Å². The van der Waals surface area contributed by atoms with Crippen molar-refractivity contribution in [3.63, 3.8) is 0 Å². The maximum absolute atomic E-state index is 13.3. The van der Waals surface area contributed by atoms with Gasteiger partial charge in [0, 0.05) is 28.2 Å². The maximum atomic E-state index is 13.3. The molecule has 0 bridgehead atoms. The van der Waals surface area contributed by atoms with Gasteiger partial charge in [0.15, 0.2) is 17.5 Å². The summed E-state index contributed by atoms with van der Waals surface area (Å²) >= 11 is 0. The first-order chi connectivity index (χ1) is 9.58. The van der Waals surface area contributed by atoms with Gasteiger partial charge in [0.1, 0.15) is 5.75 Å². The molecule has 0 aliphatic rings. The third kappa shape index (κ3) is 2.01. The number of ether oxygens (including phenoxy) is 1. The third-order valence-corrected chi connectivity index (χ3v) is 3.12. The smallest absolute Gasteiger partial charge is 0.194 e. The van der Waals surface area contributed by atoms with E-state index < -0.39 is 17.5 Å². The summed E-state index contributed by atoms with van der Waals surface area (Å²) in [5.41, 5.74) is 1.52. The van der Waals surface area contributed by atoms with Crippen LogP contribution in [0.3, 0.4) is 0 Å². The molecule has 2 nitrogen and oxygen atoms in total. The zero-order valence-corrected chi connectivity index (χ0v) is 10.5. The second-order valence-electron chi connectivity index (χ2n) is 4.39. The molecule has 3 aromatic rings. The Kier molecular flexibility index (Phi) is 2.89. The van der Waals surface area contributed by atoms with Crippen LogP contribution in [-0.2, 0) is 0 Å². The number of methoxy groups -OCH3 is 1. The maximum Gasteiger partial charge on any atom is 0.194 e. The zero-order chi connectivity index (χ0) is 14.3. The molecular formula is C15H10F3NO. The molecule has 0 aliphatic carbocycles. The number of fused-ring (bicyclic) bond motifs is 1. The van der Waals surface area contributed by atoms with Crippen LogP contribution in [-0.4, -0.2) is 12.1 Å². The minimum Gasteiger partial charge on any atom is -0.497 e. The van der Waals surface area contributed by atoms with Gasteiger partial charge in [-0.15, -0.1) is 0 Å². The number of aromatic amines is 1. The van der Waals surface area contributed by atoms with Crippen LogP contribution >= 0.6 is 0 Å². The molecule has 2 aromatic carbocycles. The van der Waals surface area contributed by atoms with Crippen molar-refractivity contribution in [2.24, 2.45) is 0 Å². The Morgan fingerprint density at radius 3 is 2.30 bits per heavy atom. The molecule has 0 amide bonds. The fraction of sp³-hybridized carbons (Fsp3) is 0.0667. The summed E-state index contributed by atoms with van der Waals surface area (Å²) in [5.74, 6) is -3.22. The lowest BCUT2D eigenvalue weighted by atomic mass is 10.1. The minimum atomic E-state index is -1.47. The topological polar surface area (TPSA) is 25.0 Å². The van der Waals surface area contributed by atoms with Crippen LogP contribution in [0, 0.1) is 17.5 Å². The van der Waals surface area contributed by atoms with Crippen LogP contribution in [0.25, 0.3) is 22.2 Å². The largest absolute Gasteiger partial charge is 0.497 e.